The average Bonchev–Trinajstić information content (AvgIpc) is 2.44. The Morgan fingerprint density at radius 3 is 2.79 bits per heavy atom. The Morgan fingerprint density at radius 1 is 1.37 bits per heavy atom. The zero-order valence-corrected chi connectivity index (χ0v) is 12.6. The summed E-state index contributed by atoms with van der Waals surface area (Å²) in [5.41, 5.74) is 2.75. The highest BCUT2D eigenvalue weighted by Crippen LogP contribution is 2.33. The van der Waals surface area contributed by atoms with E-state index >= 15 is 0 Å². The van der Waals surface area contributed by atoms with E-state index < -0.39 is 0 Å². The molecular weight excluding hydrogens is 236 g/mol. The van der Waals surface area contributed by atoms with Gasteiger partial charge in [-0.15, -0.1) is 0 Å². The molecule has 2 rings (SSSR count). The number of nitrogens with zero attached hydrogens (tertiary/aromatic N) is 1. The molecule has 0 saturated carbocycles. The second kappa shape index (κ2) is 5.93. The molecule has 1 aromatic carbocycles. The van der Waals surface area contributed by atoms with E-state index in [0.29, 0.717) is 6.04 Å². The maximum absolute atomic E-state index is 5.52. The van der Waals surface area contributed by atoms with E-state index in [2.05, 4.69) is 48.3 Å². The fraction of sp³-hybridized carbons (Fsp3) is 0.625. The topological polar surface area (TPSA) is 24.5 Å². The molecule has 3 nitrogen and oxygen atoms in total. The standard InChI is InChI=1S/C16H26N2O/c1-16(2,19-4)10-12-18-11-9-14(17-3)13-7-5-6-8-15(13)18/h5-8,14,17H,9-12H2,1-4H3. The van der Waals surface area contributed by atoms with Gasteiger partial charge in [-0.3, -0.25) is 0 Å². The smallest absolute Gasteiger partial charge is 0.0639 e. The number of para-hydroxylation sites is 1. The zero-order chi connectivity index (χ0) is 13.9. The fourth-order valence-electron chi connectivity index (χ4n) is 2.67. The summed E-state index contributed by atoms with van der Waals surface area (Å²) in [5, 5.41) is 3.41. The monoisotopic (exact) mass is 262 g/mol. The number of hydrogen-bond acceptors (Lipinski definition) is 3. The van der Waals surface area contributed by atoms with Crippen molar-refractivity contribution < 1.29 is 4.74 Å². The second-order valence-corrected chi connectivity index (χ2v) is 5.89. The lowest BCUT2D eigenvalue weighted by molar-refractivity contribution is 0.0171. The summed E-state index contributed by atoms with van der Waals surface area (Å²) in [6.45, 7) is 6.47. The quantitative estimate of drug-likeness (QED) is 0.883. The lowest BCUT2D eigenvalue weighted by atomic mass is 9.95. The van der Waals surface area contributed by atoms with Crippen LogP contribution in [0.2, 0.25) is 0 Å². The van der Waals surface area contributed by atoms with Gasteiger partial charge in [0.15, 0.2) is 0 Å². The molecule has 0 aromatic heterocycles. The largest absolute Gasteiger partial charge is 0.379 e. The summed E-state index contributed by atoms with van der Waals surface area (Å²) in [5.74, 6) is 0. The van der Waals surface area contributed by atoms with Crippen LogP contribution in [-0.2, 0) is 4.74 Å². The molecule has 0 radical (unpaired) electrons. The van der Waals surface area contributed by atoms with Crippen LogP contribution in [0.5, 0.6) is 0 Å². The Hall–Kier alpha value is -1.06. The van der Waals surface area contributed by atoms with Crippen LogP contribution in [0.15, 0.2) is 24.3 Å². The van der Waals surface area contributed by atoms with Gasteiger partial charge >= 0.3 is 0 Å². The van der Waals surface area contributed by atoms with Crippen LogP contribution in [0.4, 0.5) is 5.69 Å². The summed E-state index contributed by atoms with van der Waals surface area (Å²) < 4.78 is 5.52. The lowest BCUT2D eigenvalue weighted by Gasteiger charge is -2.37. The van der Waals surface area contributed by atoms with Crippen molar-refractivity contribution in [3.8, 4) is 0 Å². The Balaban J connectivity index is 2.12. The minimum Gasteiger partial charge on any atom is -0.379 e. The molecule has 106 valence electrons. The second-order valence-electron chi connectivity index (χ2n) is 5.89. The molecule has 1 aromatic rings. The maximum atomic E-state index is 5.52. The Labute approximate surface area is 116 Å². The van der Waals surface area contributed by atoms with Crippen molar-refractivity contribution >= 4 is 5.69 Å². The van der Waals surface area contributed by atoms with Gasteiger partial charge < -0.3 is 15.0 Å². The van der Waals surface area contributed by atoms with Crippen molar-refractivity contribution in [3.63, 3.8) is 0 Å². The van der Waals surface area contributed by atoms with Crippen LogP contribution >= 0.6 is 0 Å². The normalized spacial score (nSPS) is 19.4. The molecule has 0 bridgehead atoms. The van der Waals surface area contributed by atoms with Crippen molar-refractivity contribution in [3.05, 3.63) is 29.8 Å². The van der Waals surface area contributed by atoms with Crippen molar-refractivity contribution in [2.45, 2.75) is 38.3 Å². The molecule has 1 aliphatic rings. The fourth-order valence-corrected chi connectivity index (χ4v) is 2.67. The van der Waals surface area contributed by atoms with E-state index in [4.69, 9.17) is 4.74 Å². The Morgan fingerprint density at radius 2 is 2.11 bits per heavy atom. The van der Waals surface area contributed by atoms with Gasteiger partial charge in [-0.1, -0.05) is 18.2 Å². The van der Waals surface area contributed by atoms with Crippen molar-refractivity contribution in [2.75, 3.05) is 32.1 Å². The van der Waals surface area contributed by atoms with Crippen LogP contribution in [0.25, 0.3) is 0 Å². The predicted octanol–water partition coefficient (Wildman–Crippen LogP) is 2.97. The molecule has 3 heteroatoms. The molecule has 0 amide bonds. The summed E-state index contributed by atoms with van der Waals surface area (Å²) in [6.07, 6.45) is 2.21. The minimum atomic E-state index is -0.0468. The molecular formula is C16H26N2O. The van der Waals surface area contributed by atoms with Gasteiger partial charge in [-0.05, 0) is 45.4 Å². The van der Waals surface area contributed by atoms with Crippen LogP contribution in [0.1, 0.15) is 38.3 Å². The summed E-state index contributed by atoms with van der Waals surface area (Å²) in [4.78, 5) is 2.49. The average molecular weight is 262 g/mol. The molecule has 0 aliphatic carbocycles. The van der Waals surface area contributed by atoms with E-state index in [1.165, 1.54) is 17.7 Å². The van der Waals surface area contributed by atoms with Gasteiger partial charge in [-0.2, -0.15) is 0 Å². The molecule has 0 fully saturated rings. The van der Waals surface area contributed by atoms with Crippen LogP contribution in [0.3, 0.4) is 0 Å². The number of methoxy groups -OCH3 is 1. The highest BCUT2D eigenvalue weighted by molar-refractivity contribution is 5.56. The van der Waals surface area contributed by atoms with E-state index in [9.17, 15) is 0 Å². The third-order valence-corrected chi connectivity index (χ3v) is 4.23. The molecule has 1 N–H and O–H groups in total. The van der Waals surface area contributed by atoms with E-state index in [-0.39, 0.29) is 5.60 Å². The van der Waals surface area contributed by atoms with Gasteiger partial charge in [0.25, 0.3) is 0 Å². The number of nitrogens with one attached hydrogen (secondary N) is 1. The molecule has 0 spiro atoms. The first-order valence-electron chi connectivity index (χ1n) is 7.13. The zero-order valence-electron chi connectivity index (χ0n) is 12.6. The molecule has 1 aliphatic heterocycles. The van der Waals surface area contributed by atoms with Crippen molar-refractivity contribution in [1.29, 1.82) is 0 Å². The first kappa shape index (κ1) is 14.4. The van der Waals surface area contributed by atoms with Crippen LogP contribution in [0, 0.1) is 0 Å². The van der Waals surface area contributed by atoms with Gasteiger partial charge in [0.1, 0.15) is 0 Å². The molecule has 1 unspecified atom stereocenters. The number of anilines is 1. The SMILES string of the molecule is CNC1CCN(CCC(C)(C)OC)c2ccccc21. The number of rotatable bonds is 5. The minimum absolute atomic E-state index is 0.0468. The van der Waals surface area contributed by atoms with Gasteiger partial charge in [0.2, 0.25) is 0 Å². The maximum Gasteiger partial charge on any atom is 0.0639 e. The highest BCUT2D eigenvalue weighted by Gasteiger charge is 2.25. The van der Waals surface area contributed by atoms with Gasteiger partial charge in [0, 0.05) is 31.9 Å². The predicted molar refractivity (Wildman–Crippen MR) is 80.8 cm³/mol. The van der Waals surface area contributed by atoms with Crippen LogP contribution in [-0.4, -0.2) is 32.8 Å². The van der Waals surface area contributed by atoms with Gasteiger partial charge in [0.05, 0.1) is 5.60 Å². The number of ether oxygens (including phenoxy) is 1. The van der Waals surface area contributed by atoms with Crippen molar-refractivity contribution in [1.82, 2.24) is 5.32 Å². The third kappa shape index (κ3) is 3.28. The summed E-state index contributed by atoms with van der Waals surface area (Å²) in [7, 11) is 3.84. The third-order valence-electron chi connectivity index (χ3n) is 4.23. The molecule has 1 heterocycles. The molecule has 0 saturated heterocycles. The molecule has 1 atom stereocenters. The number of benzene rings is 1. The number of fused-ring (bicyclic) bond motifs is 1. The Kier molecular flexibility index (Phi) is 4.48. The Bertz CT molecular complexity index is 417. The van der Waals surface area contributed by atoms with E-state index in [0.717, 1.165) is 19.5 Å². The summed E-state index contributed by atoms with van der Waals surface area (Å²) >= 11 is 0. The van der Waals surface area contributed by atoms with Gasteiger partial charge in [-0.25, -0.2) is 0 Å². The van der Waals surface area contributed by atoms with E-state index in [1.807, 2.05) is 7.05 Å². The highest BCUT2D eigenvalue weighted by atomic mass is 16.5. The first-order chi connectivity index (χ1) is 9.07. The first-order valence-corrected chi connectivity index (χ1v) is 7.13. The van der Waals surface area contributed by atoms with Crippen LogP contribution < -0.4 is 10.2 Å². The molecule has 19 heavy (non-hydrogen) atoms. The number of hydrogen-bond donors (Lipinski definition) is 1. The summed E-state index contributed by atoms with van der Waals surface area (Å²) in [6, 6.07) is 9.22. The lowest BCUT2D eigenvalue weighted by Crippen LogP contribution is -2.38. The van der Waals surface area contributed by atoms with Crippen molar-refractivity contribution in [2.24, 2.45) is 0 Å². The van der Waals surface area contributed by atoms with E-state index in [1.54, 1.807) is 7.11 Å².